The predicted octanol–water partition coefficient (Wildman–Crippen LogP) is -0.702. The minimum Gasteiger partial charge on any atom is -0.480 e. The van der Waals surface area contributed by atoms with E-state index in [9.17, 15) is 14.7 Å². The van der Waals surface area contributed by atoms with Gasteiger partial charge in [-0.2, -0.15) is 0 Å². The molecule has 0 aromatic carbocycles. The van der Waals surface area contributed by atoms with Gasteiger partial charge in [0.15, 0.2) is 0 Å². The minimum absolute atomic E-state index is 0.0410. The molecule has 1 aliphatic heterocycles. The van der Waals surface area contributed by atoms with E-state index in [2.05, 4.69) is 5.32 Å². The average Bonchev–Trinajstić information content (AvgIpc) is 2.26. The van der Waals surface area contributed by atoms with Gasteiger partial charge in [0, 0.05) is 27.3 Å². The molecule has 0 aromatic rings. The maximum atomic E-state index is 11.4. The number of amides is 1. The molecule has 1 fully saturated rings. The number of hydrogen-bond donors (Lipinski definition) is 2. The molecular weight excluding hydrogens is 212 g/mol. The molecular formula is C10H18N2O4. The van der Waals surface area contributed by atoms with Crippen LogP contribution in [0.4, 0.5) is 0 Å². The number of rotatable bonds is 4. The lowest BCUT2D eigenvalue weighted by Crippen LogP contribution is -2.57. The molecule has 1 heterocycles. The molecule has 0 atom stereocenters. The van der Waals surface area contributed by atoms with Crippen LogP contribution in [0.2, 0.25) is 0 Å². The van der Waals surface area contributed by atoms with Gasteiger partial charge in [0.2, 0.25) is 5.91 Å². The molecule has 6 heteroatoms. The van der Waals surface area contributed by atoms with E-state index in [0.717, 1.165) is 0 Å². The summed E-state index contributed by atoms with van der Waals surface area (Å²) in [5.74, 6) is -1.05. The van der Waals surface area contributed by atoms with Crippen LogP contribution < -0.4 is 5.32 Å². The molecule has 0 aliphatic carbocycles. The van der Waals surface area contributed by atoms with Crippen molar-refractivity contribution >= 4 is 11.9 Å². The lowest BCUT2D eigenvalue weighted by Gasteiger charge is -2.34. The molecule has 0 radical (unpaired) electrons. The van der Waals surface area contributed by atoms with Crippen LogP contribution in [0, 0.1) is 0 Å². The second-order valence-corrected chi connectivity index (χ2v) is 4.14. The largest absolute Gasteiger partial charge is 0.480 e. The Morgan fingerprint density at radius 1 is 1.38 bits per heavy atom. The van der Waals surface area contributed by atoms with Crippen molar-refractivity contribution in [2.75, 3.05) is 33.9 Å². The summed E-state index contributed by atoms with van der Waals surface area (Å²) in [5.41, 5.74) is -1.01. The lowest BCUT2D eigenvalue weighted by molar-refractivity contribution is -0.149. The quantitative estimate of drug-likeness (QED) is 0.667. The summed E-state index contributed by atoms with van der Waals surface area (Å²) in [6.45, 7) is 0.865. The van der Waals surface area contributed by atoms with Crippen molar-refractivity contribution in [3.8, 4) is 0 Å². The number of nitrogens with one attached hydrogen (secondary N) is 1. The summed E-state index contributed by atoms with van der Waals surface area (Å²) in [5, 5.41) is 12.0. The maximum absolute atomic E-state index is 11.4. The third kappa shape index (κ3) is 2.93. The van der Waals surface area contributed by atoms with Gasteiger partial charge in [-0.15, -0.1) is 0 Å². The van der Waals surface area contributed by atoms with Crippen LogP contribution in [-0.2, 0) is 14.3 Å². The van der Waals surface area contributed by atoms with E-state index in [1.807, 2.05) is 0 Å². The van der Waals surface area contributed by atoms with Crippen LogP contribution in [0.3, 0.4) is 0 Å². The highest BCUT2D eigenvalue weighted by Gasteiger charge is 2.40. The van der Waals surface area contributed by atoms with Gasteiger partial charge in [-0.3, -0.25) is 14.9 Å². The topological polar surface area (TPSA) is 78.9 Å². The van der Waals surface area contributed by atoms with Crippen molar-refractivity contribution in [2.24, 2.45) is 0 Å². The molecule has 0 aromatic heterocycles. The standard InChI is InChI=1S/C10H18N2O4/c1-12(2)8(13)7-11-10(9(14)15)3-5-16-6-4-10/h11H,3-7H2,1-2H3,(H,14,15). The van der Waals surface area contributed by atoms with Crippen LogP contribution in [0.5, 0.6) is 0 Å². The highest BCUT2D eigenvalue weighted by atomic mass is 16.5. The smallest absolute Gasteiger partial charge is 0.324 e. The molecule has 1 amide bonds. The molecule has 92 valence electrons. The number of aliphatic carboxylic acids is 1. The van der Waals surface area contributed by atoms with Crippen molar-refractivity contribution in [1.82, 2.24) is 10.2 Å². The summed E-state index contributed by atoms with van der Waals surface area (Å²) >= 11 is 0. The number of nitrogens with zero attached hydrogens (tertiary/aromatic N) is 1. The normalized spacial score (nSPS) is 19.1. The molecule has 6 nitrogen and oxygen atoms in total. The Labute approximate surface area is 94.6 Å². The molecule has 16 heavy (non-hydrogen) atoms. The summed E-state index contributed by atoms with van der Waals surface area (Å²) in [6.07, 6.45) is 0.784. The first-order valence-corrected chi connectivity index (χ1v) is 5.24. The predicted molar refractivity (Wildman–Crippen MR) is 57.1 cm³/mol. The van der Waals surface area contributed by atoms with Crippen molar-refractivity contribution < 1.29 is 19.4 Å². The Bertz CT molecular complexity index is 272. The van der Waals surface area contributed by atoms with E-state index in [1.54, 1.807) is 14.1 Å². The van der Waals surface area contributed by atoms with Crippen molar-refractivity contribution in [2.45, 2.75) is 18.4 Å². The number of ether oxygens (including phenoxy) is 1. The van der Waals surface area contributed by atoms with Gasteiger partial charge < -0.3 is 14.7 Å². The summed E-state index contributed by atoms with van der Waals surface area (Å²) in [7, 11) is 3.28. The Morgan fingerprint density at radius 2 is 1.94 bits per heavy atom. The first-order chi connectivity index (χ1) is 7.48. The van der Waals surface area contributed by atoms with Gasteiger partial charge >= 0.3 is 5.97 Å². The number of carbonyl (C=O) groups is 2. The SMILES string of the molecule is CN(C)C(=O)CNC1(C(=O)O)CCOCC1. The molecule has 1 rings (SSSR count). The van der Waals surface area contributed by atoms with E-state index in [0.29, 0.717) is 26.1 Å². The van der Waals surface area contributed by atoms with Crippen LogP contribution >= 0.6 is 0 Å². The molecule has 0 saturated carbocycles. The number of carboxylic acids is 1. The third-order valence-electron chi connectivity index (χ3n) is 2.83. The number of carbonyl (C=O) groups excluding carboxylic acids is 1. The van der Waals surface area contributed by atoms with Gasteiger partial charge in [0.25, 0.3) is 0 Å². The minimum atomic E-state index is -1.01. The van der Waals surface area contributed by atoms with Crippen molar-refractivity contribution in [3.63, 3.8) is 0 Å². The van der Waals surface area contributed by atoms with Gasteiger partial charge in [0.1, 0.15) is 5.54 Å². The van der Waals surface area contributed by atoms with Gasteiger partial charge in [-0.25, -0.2) is 0 Å². The molecule has 2 N–H and O–H groups in total. The zero-order valence-corrected chi connectivity index (χ0v) is 9.65. The van der Waals surface area contributed by atoms with Crippen LogP contribution in [0.1, 0.15) is 12.8 Å². The third-order valence-corrected chi connectivity index (χ3v) is 2.83. The number of carboxylic acid groups (broad SMARTS) is 1. The Kier molecular flexibility index (Phi) is 4.26. The zero-order chi connectivity index (χ0) is 12.2. The average molecular weight is 230 g/mol. The second-order valence-electron chi connectivity index (χ2n) is 4.14. The molecule has 0 bridgehead atoms. The number of likely N-dealkylation sites (N-methyl/N-ethyl adjacent to an activating group) is 1. The van der Waals surface area contributed by atoms with Gasteiger partial charge in [-0.05, 0) is 12.8 Å². The van der Waals surface area contributed by atoms with Gasteiger partial charge in [-0.1, -0.05) is 0 Å². The Balaban J connectivity index is 2.58. The zero-order valence-electron chi connectivity index (χ0n) is 9.65. The molecule has 1 aliphatic rings. The summed E-state index contributed by atoms with van der Waals surface area (Å²) < 4.78 is 5.13. The fourth-order valence-corrected chi connectivity index (χ4v) is 1.59. The Hall–Kier alpha value is -1.14. The molecule has 0 unspecified atom stereocenters. The van der Waals surface area contributed by atoms with Crippen molar-refractivity contribution in [3.05, 3.63) is 0 Å². The molecule has 0 spiro atoms. The highest BCUT2D eigenvalue weighted by molar-refractivity contribution is 5.82. The second kappa shape index (κ2) is 5.27. The first-order valence-electron chi connectivity index (χ1n) is 5.24. The van der Waals surface area contributed by atoms with Crippen LogP contribution in [0.15, 0.2) is 0 Å². The maximum Gasteiger partial charge on any atom is 0.324 e. The van der Waals surface area contributed by atoms with Gasteiger partial charge in [0.05, 0.1) is 6.54 Å². The monoisotopic (exact) mass is 230 g/mol. The first kappa shape index (κ1) is 12.9. The van der Waals surface area contributed by atoms with E-state index in [4.69, 9.17) is 4.74 Å². The summed E-state index contributed by atoms with van der Waals surface area (Å²) in [4.78, 5) is 24.0. The highest BCUT2D eigenvalue weighted by Crippen LogP contribution is 2.20. The Morgan fingerprint density at radius 3 is 2.38 bits per heavy atom. The van der Waals surface area contributed by atoms with E-state index < -0.39 is 11.5 Å². The van der Waals surface area contributed by atoms with Crippen molar-refractivity contribution in [1.29, 1.82) is 0 Å². The number of hydrogen-bond acceptors (Lipinski definition) is 4. The van der Waals surface area contributed by atoms with E-state index in [1.165, 1.54) is 4.90 Å². The van der Waals surface area contributed by atoms with E-state index in [-0.39, 0.29) is 12.5 Å². The van der Waals surface area contributed by atoms with E-state index >= 15 is 0 Å². The summed E-state index contributed by atoms with van der Waals surface area (Å²) in [6, 6.07) is 0. The fourth-order valence-electron chi connectivity index (χ4n) is 1.59. The van der Waals surface area contributed by atoms with Crippen LogP contribution in [0.25, 0.3) is 0 Å². The molecule has 1 saturated heterocycles. The lowest BCUT2D eigenvalue weighted by atomic mass is 9.90. The van der Waals surface area contributed by atoms with Crippen LogP contribution in [-0.4, -0.2) is 61.3 Å². The fraction of sp³-hybridized carbons (Fsp3) is 0.800.